The molecule has 0 saturated carbocycles. The molecule has 1 aromatic heterocycles. The maximum Gasteiger partial charge on any atom is 0.328 e. The number of imidazole rings is 1. The first kappa shape index (κ1) is 26.3. The third kappa shape index (κ3) is 6.13. The van der Waals surface area contributed by atoms with Crippen molar-refractivity contribution in [3.05, 3.63) is 82.6 Å². The number of aromatic hydroxyl groups is 1. The second-order valence-electron chi connectivity index (χ2n) is 8.02. The molecule has 37 heavy (non-hydrogen) atoms. The Bertz CT molecular complexity index is 1480. The van der Waals surface area contributed by atoms with Gasteiger partial charge in [-0.3, -0.25) is 9.36 Å². The van der Waals surface area contributed by atoms with E-state index < -0.39 is 12.0 Å². The number of amides is 1. The van der Waals surface area contributed by atoms with Gasteiger partial charge < -0.3 is 15.2 Å². The number of phenolic OH excluding ortho intramolecular Hbond substituents is 1. The lowest BCUT2D eigenvalue weighted by Gasteiger charge is -2.18. The minimum absolute atomic E-state index is 0.0170. The quantitative estimate of drug-likeness (QED) is 0.217. The van der Waals surface area contributed by atoms with E-state index in [1.807, 2.05) is 34.9 Å². The van der Waals surface area contributed by atoms with Gasteiger partial charge in [-0.1, -0.05) is 48.2 Å². The van der Waals surface area contributed by atoms with E-state index in [0.29, 0.717) is 15.3 Å². The number of benzene rings is 3. The number of carbonyl (C=O) groups is 2. The first-order valence-corrected chi connectivity index (χ1v) is 13.2. The number of nitriles is 1. The maximum absolute atomic E-state index is 12.9. The smallest absolute Gasteiger partial charge is 0.328 e. The number of ether oxygens (including phenoxy) is 1. The molecular weight excluding hydrogens is 556 g/mol. The Balaban J connectivity index is 1.52. The molecule has 1 heterocycles. The average Bonchev–Trinajstić information content (AvgIpc) is 3.27. The molecule has 1 atom stereocenters. The molecule has 4 aromatic rings. The Morgan fingerprint density at radius 1 is 1.16 bits per heavy atom. The average molecular weight is 579 g/mol. The van der Waals surface area contributed by atoms with E-state index >= 15 is 0 Å². The van der Waals surface area contributed by atoms with Crippen LogP contribution < -0.4 is 5.32 Å². The van der Waals surface area contributed by atoms with Crippen molar-refractivity contribution < 1.29 is 19.4 Å². The van der Waals surface area contributed by atoms with E-state index in [4.69, 9.17) is 4.74 Å². The SMILES string of the molecule is CCOC(=O)C(Cc1ccc(O)cc1)NC(=O)CSc1ncc(Br)n1-c1ccc(C#N)c2ccccc12. The number of esters is 1. The molecule has 1 unspecified atom stereocenters. The van der Waals surface area contributed by atoms with E-state index in [-0.39, 0.29) is 30.4 Å². The van der Waals surface area contributed by atoms with Gasteiger partial charge in [0.25, 0.3) is 0 Å². The van der Waals surface area contributed by atoms with E-state index in [0.717, 1.165) is 22.0 Å². The predicted molar refractivity (Wildman–Crippen MR) is 145 cm³/mol. The minimum Gasteiger partial charge on any atom is -0.508 e. The molecule has 2 N–H and O–H groups in total. The van der Waals surface area contributed by atoms with Gasteiger partial charge in [-0.15, -0.1) is 0 Å². The van der Waals surface area contributed by atoms with Crippen LogP contribution >= 0.6 is 27.7 Å². The van der Waals surface area contributed by atoms with Crippen LogP contribution in [0.2, 0.25) is 0 Å². The highest BCUT2D eigenvalue weighted by molar-refractivity contribution is 9.10. The van der Waals surface area contributed by atoms with Crippen molar-refractivity contribution >= 4 is 50.3 Å². The Morgan fingerprint density at radius 3 is 2.59 bits per heavy atom. The summed E-state index contributed by atoms with van der Waals surface area (Å²) in [5, 5.41) is 24.0. The number of nitrogens with one attached hydrogen (secondary N) is 1. The molecule has 0 saturated heterocycles. The zero-order valence-corrected chi connectivity index (χ0v) is 22.3. The van der Waals surface area contributed by atoms with E-state index in [1.54, 1.807) is 31.3 Å². The van der Waals surface area contributed by atoms with Crippen LogP contribution in [0, 0.1) is 11.3 Å². The molecule has 0 fully saturated rings. The first-order chi connectivity index (χ1) is 17.9. The summed E-state index contributed by atoms with van der Waals surface area (Å²) in [6.45, 7) is 1.90. The fraction of sp³-hybridized carbons (Fsp3) is 0.185. The highest BCUT2D eigenvalue weighted by atomic mass is 79.9. The van der Waals surface area contributed by atoms with Gasteiger partial charge in [-0.25, -0.2) is 9.78 Å². The van der Waals surface area contributed by atoms with Crippen molar-refractivity contribution in [3.63, 3.8) is 0 Å². The zero-order chi connectivity index (χ0) is 26.4. The van der Waals surface area contributed by atoms with Gasteiger partial charge in [0.1, 0.15) is 16.4 Å². The molecule has 3 aromatic carbocycles. The second kappa shape index (κ2) is 12.0. The molecule has 0 bridgehead atoms. The summed E-state index contributed by atoms with van der Waals surface area (Å²) in [5.74, 6) is -0.739. The van der Waals surface area contributed by atoms with Crippen LogP contribution in [0.3, 0.4) is 0 Å². The normalized spacial score (nSPS) is 11.6. The maximum atomic E-state index is 12.9. The molecule has 0 aliphatic carbocycles. The lowest BCUT2D eigenvalue weighted by Crippen LogP contribution is -2.44. The van der Waals surface area contributed by atoms with E-state index in [1.165, 1.54) is 23.9 Å². The highest BCUT2D eigenvalue weighted by Gasteiger charge is 2.23. The number of rotatable bonds is 9. The second-order valence-corrected chi connectivity index (χ2v) is 9.77. The minimum atomic E-state index is -0.869. The van der Waals surface area contributed by atoms with Crippen molar-refractivity contribution in [3.8, 4) is 17.5 Å². The summed E-state index contributed by atoms with van der Waals surface area (Å²) in [4.78, 5) is 29.8. The van der Waals surface area contributed by atoms with Gasteiger partial charge in [0.15, 0.2) is 5.16 Å². The summed E-state index contributed by atoms with van der Waals surface area (Å²) in [7, 11) is 0. The molecule has 0 radical (unpaired) electrons. The van der Waals surface area contributed by atoms with E-state index in [2.05, 4.69) is 32.3 Å². The van der Waals surface area contributed by atoms with Crippen LogP contribution in [0.1, 0.15) is 18.1 Å². The number of hydrogen-bond donors (Lipinski definition) is 2. The lowest BCUT2D eigenvalue weighted by molar-refractivity contribution is -0.147. The van der Waals surface area contributed by atoms with Crippen LogP contribution in [0.5, 0.6) is 5.75 Å². The van der Waals surface area contributed by atoms with Crippen LogP contribution in [0.25, 0.3) is 16.5 Å². The fourth-order valence-electron chi connectivity index (χ4n) is 3.88. The standard InChI is InChI=1S/C27H23BrN4O4S/c1-2-36-26(35)22(13-17-7-10-19(33)11-8-17)31-25(34)16-37-27-30-15-24(28)32(27)23-12-9-18(14-29)20-5-3-4-6-21(20)23/h3-12,15,22,33H,2,13,16H2,1H3,(H,31,34). The summed E-state index contributed by atoms with van der Waals surface area (Å²) in [5.41, 5.74) is 2.16. The zero-order valence-electron chi connectivity index (χ0n) is 19.8. The Kier molecular flexibility index (Phi) is 8.48. The van der Waals surface area contributed by atoms with Crippen LogP contribution in [0.4, 0.5) is 0 Å². The van der Waals surface area contributed by atoms with Crippen molar-refractivity contribution in [1.29, 1.82) is 5.26 Å². The van der Waals surface area contributed by atoms with Crippen molar-refractivity contribution in [2.24, 2.45) is 0 Å². The Hall–Kier alpha value is -3.81. The molecule has 1 amide bonds. The number of aromatic nitrogens is 2. The van der Waals surface area contributed by atoms with Gasteiger partial charge in [-0.2, -0.15) is 5.26 Å². The lowest BCUT2D eigenvalue weighted by atomic mass is 10.0. The van der Waals surface area contributed by atoms with Gasteiger partial charge in [0, 0.05) is 17.2 Å². The molecular formula is C27H23BrN4O4S. The van der Waals surface area contributed by atoms with Crippen LogP contribution in [-0.4, -0.2) is 44.9 Å². The van der Waals surface area contributed by atoms with Crippen molar-refractivity contribution in [2.45, 2.75) is 24.5 Å². The number of hydrogen-bond acceptors (Lipinski definition) is 7. The van der Waals surface area contributed by atoms with Crippen LogP contribution in [-0.2, 0) is 20.7 Å². The molecule has 10 heteroatoms. The largest absolute Gasteiger partial charge is 0.508 e. The highest BCUT2D eigenvalue weighted by Crippen LogP contribution is 2.32. The first-order valence-electron chi connectivity index (χ1n) is 11.4. The summed E-state index contributed by atoms with van der Waals surface area (Å²) >= 11 is 4.77. The number of nitrogens with zero attached hydrogens (tertiary/aromatic N) is 3. The van der Waals surface area contributed by atoms with Crippen LogP contribution in [0.15, 0.2) is 76.6 Å². The Labute approximate surface area is 226 Å². The van der Waals surface area contributed by atoms with Gasteiger partial charge >= 0.3 is 5.97 Å². The number of carbonyl (C=O) groups excluding carboxylic acids is 2. The monoisotopic (exact) mass is 578 g/mol. The topological polar surface area (TPSA) is 117 Å². The summed E-state index contributed by atoms with van der Waals surface area (Å²) in [6, 6.07) is 19.0. The Morgan fingerprint density at radius 2 is 1.89 bits per heavy atom. The number of halogens is 1. The molecule has 0 aliphatic rings. The van der Waals surface area contributed by atoms with Gasteiger partial charge in [0.2, 0.25) is 5.91 Å². The van der Waals surface area contributed by atoms with E-state index in [9.17, 15) is 20.0 Å². The third-order valence-corrected chi connectivity index (χ3v) is 7.08. The summed E-state index contributed by atoms with van der Waals surface area (Å²) in [6.07, 6.45) is 1.88. The number of phenols is 1. The summed E-state index contributed by atoms with van der Waals surface area (Å²) < 4.78 is 7.72. The van der Waals surface area contributed by atoms with Gasteiger partial charge in [0.05, 0.1) is 35.9 Å². The predicted octanol–water partition coefficient (Wildman–Crippen LogP) is 4.75. The number of fused-ring (bicyclic) bond motifs is 1. The van der Waals surface area contributed by atoms with Crippen molar-refractivity contribution in [1.82, 2.24) is 14.9 Å². The molecule has 4 rings (SSSR count). The molecule has 0 aliphatic heterocycles. The molecule has 188 valence electrons. The third-order valence-electron chi connectivity index (χ3n) is 5.56. The van der Waals surface area contributed by atoms with Crippen molar-refractivity contribution in [2.75, 3.05) is 12.4 Å². The molecule has 0 spiro atoms. The van der Waals surface area contributed by atoms with Gasteiger partial charge in [-0.05, 0) is 52.7 Å². The molecule has 8 nitrogen and oxygen atoms in total. The number of thioether (sulfide) groups is 1. The fourth-order valence-corrected chi connectivity index (χ4v) is 5.26.